The van der Waals surface area contributed by atoms with Gasteiger partial charge in [-0.15, -0.1) is 0 Å². The zero-order chi connectivity index (χ0) is 30.9. The minimum atomic E-state index is -3.84. The number of carbonyl (C=O) groups is 2. The van der Waals surface area contributed by atoms with Crippen molar-refractivity contribution >= 4 is 62.2 Å². The lowest BCUT2D eigenvalue weighted by Crippen LogP contribution is -2.41. The molecule has 3 heterocycles. The fraction of sp³-hybridized carbons (Fsp3) is 0.355. The van der Waals surface area contributed by atoms with Crippen LogP contribution in [0.2, 0.25) is 10.0 Å². The van der Waals surface area contributed by atoms with Crippen molar-refractivity contribution in [3.63, 3.8) is 0 Å². The van der Waals surface area contributed by atoms with E-state index in [2.05, 4.69) is 20.5 Å². The summed E-state index contributed by atoms with van der Waals surface area (Å²) in [6.45, 7) is 6.68. The first kappa shape index (κ1) is 31.3. The van der Waals surface area contributed by atoms with Gasteiger partial charge in [0.1, 0.15) is 0 Å². The van der Waals surface area contributed by atoms with E-state index < -0.39 is 9.84 Å². The Balaban J connectivity index is 1.32. The van der Waals surface area contributed by atoms with Gasteiger partial charge in [-0.3, -0.25) is 9.59 Å². The van der Waals surface area contributed by atoms with Crippen molar-refractivity contribution in [2.24, 2.45) is 0 Å². The first-order valence-electron chi connectivity index (χ1n) is 14.1. The molecule has 1 fully saturated rings. The van der Waals surface area contributed by atoms with Gasteiger partial charge in [0.15, 0.2) is 9.84 Å². The van der Waals surface area contributed by atoms with Crippen LogP contribution >= 0.6 is 23.2 Å². The number of fused-ring (bicyclic) bond motifs is 1. The summed E-state index contributed by atoms with van der Waals surface area (Å²) < 4.78 is 26.7. The number of hydrogen-bond acceptors (Lipinski definition) is 6. The van der Waals surface area contributed by atoms with Crippen LogP contribution in [0.1, 0.15) is 46.5 Å². The lowest BCUT2D eigenvalue weighted by atomic mass is 10.0. The number of aryl methyl sites for hydroxylation is 1. The molecule has 0 unspecified atom stereocenters. The van der Waals surface area contributed by atoms with Gasteiger partial charge in [0.05, 0.1) is 28.7 Å². The fourth-order valence-corrected chi connectivity index (χ4v) is 7.66. The maximum absolute atomic E-state index is 13.3. The highest BCUT2D eigenvalue weighted by Gasteiger charge is 2.28. The summed E-state index contributed by atoms with van der Waals surface area (Å²) in [5.74, 6) is -0.833. The van der Waals surface area contributed by atoms with Crippen LogP contribution < -0.4 is 10.6 Å². The lowest BCUT2D eigenvalue weighted by molar-refractivity contribution is -0.120. The van der Waals surface area contributed by atoms with Crippen LogP contribution in [-0.4, -0.2) is 67.5 Å². The summed E-state index contributed by atoms with van der Waals surface area (Å²) >= 11 is 12.4. The summed E-state index contributed by atoms with van der Waals surface area (Å²) in [5.41, 5.74) is 4.77. The van der Waals surface area contributed by atoms with E-state index in [-0.39, 0.29) is 45.0 Å². The molecular formula is C31H34Cl2N4O5S. The molecule has 1 saturated heterocycles. The van der Waals surface area contributed by atoms with Crippen molar-refractivity contribution in [2.45, 2.75) is 49.9 Å². The molecule has 0 saturated carbocycles. The van der Waals surface area contributed by atoms with E-state index in [1.165, 1.54) is 12.1 Å². The summed E-state index contributed by atoms with van der Waals surface area (Å²) in [5, 5.41) is 16.0. The second kappa shape index (κ2) is 12.8. The molecule has 1 aromatic heterocycles. The molecule has 0 radical (unpaired) electrons. The maximum Gasteiger partial charge on any atom is 0.256 e. The molecule has 2 aliphatic rings. The lowest BCUT2D eigenvalue weighted by Gasteiger charge is -2.29. The van der Waals surface area contributed by atoms with Gasteiger partial charge in [-0.1, -0.05) is 29.3 Å². The number of sulfone groups is 1. The van der Waals surface area contributed by atoms with Crippen LogP contribution in [0.5, 0.6) is 0 Å². The Morgan fingerprint density at radius 2 is 1.81 bits per heavy atom. The van der Waals surface area contributed by atoms with Crippen LogP contribution in [0.3, 0.4) is 0 Å². The van der Waals surface area contributed by atoms with E-state index in [0.29, 0.717) is 34.6 Å². The second-order valence-electron chi connectivity index (χ2n) is 11.0. The van der Waals surface area contributed by atoms with E-state index in [4.69, 9.17) is 23.2 Å². The van der Waals surface area contributed by atoms with Crippen LogP contribution in [0.4, 0.5) is 5.69 Å². The largest absolute Gasteiger partial charge is 0.393 e. The summed E-state index contributed by atoms with van der Waals surface area (Å²) in [4.78, 5) is 31.3. The second-order valence-corrected chi connectivity index (χ2v) is 13.8. The zero-order valence-electron chi connectivity index (χ0n) is 24.0. The number of aromatic amines is 1. The number of anilines is 1. The molecule has 12 heteroatoms. The number of likely N-dealkylation sites (tertiary alicyclic amines) is 1. The number of piperidine rings is 1. The molecule has 5 rings (SSSR count). The van der Waals surface area contributed by atoms with Crippen molar-refractivity contribution in [1.29, 1.82) is 0 Å². The predicted molar refractivity (Wildman–Crippen MR) is 169 cm³/mol. The summed E-state index contributed by atoms with van der Waals surface area (Å²) in [6.07, 6.45) is 3.16. The Morgan fingerprint density at radius 1 is 1.12 bits per heavy atom. The quantitative estimate of drug-likeness (QED) is 0.253. The minimum Gasteiger partial charge on any atom is -0.393 e. The summed E-state index contributed by atoms with van der Waals surface area (Å²) in [7, 11) is -3.84. The van der Waals surface area contributed by atoms with E-state index in [1.54, 1.807) is 30.3 Å². The molecular weight excluding hydrogens is 611 g/mol. The van der Waals surface area contributed by atoms with Crippen LogP contribution in [0.25, 0.3) is 11.6 Å². The molecule has 0 spiro atoms. The predicted octanol–water partition coefficient (Wildman–Crippen LogP) is 4.52. The third-order valence-corrected chi connectivity index (χ3v) is 10.4. The highest BCUT2D eigenvalue weighted by molar-refractivity contribution is 7.90. The summed E-state index contributed by atoms with van der Waals surface area (Å²) in [6, 6.07) is 9.34. The van der Waals surface area contributed by atoms with Crippen molar-refractivity contribution in [3.05, 3.63) is 80.1 Å². The standard InChI is InChI=1S/C31H34Cl2N4O5S/c1-18-22(16-30(39)34-10-13-37-11-8-20(38)9-12-37)19(2)35-29(18)15-24-23-14-21(6-7-28(23)36-31(24)40)43(41,42)17-25-26(32)4-3-5-27(25)33/h3-7,14-15,20,35,38H,8-13,16-17H2,1-2H3,(H,34,39)(H,36,40)/b24-15-. The number of halogens is 2. The van der Waals surface area contributed by atoms with E-state index in [0.717, 1.165) is 49.3 Å². The van der Waals surface area contributed by atoms with Gasteiger partial charge in [0.25, 0.3) is 5.91 Å². The van der Waals surface area contributed by atoms with Crippen molar-refractivity contribution < 1.29 is 23.1 Å². The van der Waals surface area contributed by atoms with E-state index in [9.17, 15) is 23.1 Å². The van der Waals surface area contributed by atoms with Crippen molar-refractivity contribution in [2.75, 3.05) is 31.5 Å². The number of carbonyl (C=O) groups excluding carboxylic acids is 2. The average molecular weight is 646 g/mol. The number of H-pyrrole nitrogens is 1. The van der Waals surface area contributed by atoms with E-state index >= 15 is 0 Å². The fourth-order valence-electron chi connectivity index (χ4n) is 5.54. The Morgan fingerprint density at radius 3 is 2.51 bits per heavy atom. The molecule has 228 valence electrons. The third kappa shape index (κ3) is 6.99. The topological polar surface area (TPSA) is 132 Å². The highest BCUT2D eigenvalue weighted by Crippen LogP contribution is 2.37. The first-order chi connectivity index (χ1) is 20.4. The third-order valence-electron chi connectivity index (χ3n) is 8.09. The molecule has 2 aliphatic heterocycles. The molecule has 0 atom stereocenters. The number of amides is 2. The van der Waals surface area contributed by atoms with Gasteiger partial charge in [-0.2, -0.15) is 0 Å². The van der Waals surface area contributed by atoms with Crippen molar-refractivity contribution in [1.82, 2.24) is 15.2 Å². The van der Waals surface area contributed by atoms with Gasteiger partial charge in [-0.05, 0) is 74.2 Å². The van der Waals surface area contributed by atoms with Gasteiger partial charge in [-0.25, -0.2) is 8.42 Å². The van der Waals surface area contributed by atoms with Crippen LogP contribution in [-0.2, 0) is 31.6 Å². The molecule has 2 aromatic carbocycles. The van der Waals surface area contributed by atoms with E-state index in [1.807, 2.05) is 13.8 Å². The van der Waals surface area contributed by atoms with Crippen LogP contribution in [0, 0.1) is 13.8 Å². The Kier molecular flexibility index (Phi) is 9.34. The number of hydrogen-bond donors (Lipinski definition) is 4. The number of benzene rings is 2. The van der Waals surface area contributed by atoms with Gasteiger partial charge in [0, 0.05) is 64.4 Å². The Bertz CT molecular complexity index is 1690. The van der Waals surface area contributed by atoms with Gasteiger partial charge >= 0.3 is 0 Å². The number of nitrogens with zero attached hydrogens (tertiary/aromatic N) is 1. The SMILES string of the molecule is Cc1[nH]c(/C=C2\C(=O)Nc3ccc(S(=O)(=O)Cc4c(Cl)cccc4Cl)cc32)c(C)c1CC(=O)NCCN1CCC(O)CC1. The smallest absolute Gasteiger partial charge is 0.256 e. The molecule has 4 N–H and O–H groups in total. The molecule has 9 nitrogen and oxygen atoms in total. The Hall–Kier alpha value is -3.15. The minimum absolute atomic E-state index is 0.0436. The maximum atomic E-state index is 13.3. The number of aromatic nitrogens is 1. The molecule has 43 heavy (non-hydrogen) atoms. The number of aliphatic hydroxyl groups is 1. The number of aliphatic hydroxyl groups excluding tert-OH is 1. The number of rotatable bonds is 9. The molecule has 0 bridgehead atoms. The molecule has 2 amide bonds. The highest BCUT2D eigenvalue weighted by atomic mass is 35.5. The average Bonchev–Trinajstić information content (AvgIpc) is 3.41. The molecule has 3 aromatic rings. The molecule has 0 aliphatic carbocycles. The first-order valence-corrected chi connectivity index (χ1v) is 16.5. The van der Waals surface area contributed by atoms with Gasteiger partial charge in [0.2, 0.25) is 5.91 Å². The van der Waals surface area contributed by atoms with Crippen molar-refractivity contribution in [3.8, 4) is 0 Å². The zero-order valence-corrected chi connectivity index (χ0v) is 26.3. The normalized spacial score (nSPS) is 16.9. The van der Waals surface area contributed by atoms with Crippen LogP contribution in [0.15, 0.2) is 41.3 Å². The van der Waals surface area contributed by atoms with Gasteiger partial charge < -0.3 is 25.6 Å². The monoisotopic (exact) mass is 644 g/mol. The Labute approximate surface area is 261 Å². The number of nitrogens with one attached hydrogen (secondary N) is 3.